The van der Waals surface area contributed by atoms with Gasteiger partial charge in [0.25, 0.3) is 0 Å². The number of rotatable bonds is 6. The van der Waals surface area contributed by atoms with E-state index in [-0.39, 0.29) is 12.2 Å². The fourth-order valence-electron chi connectivity index (χ4n) is 2.12. The van der Waals surface area contributed by atoms with Gasteiger partial charge in [-0.05, 0) is 19.1 Å². The number of hydrogen-bond acceptors (Lipinski definition) is 6. The van der Waals surface area contributed by atoms with Crippen LogP contribution >= 0.6 is 11.6 Å². The molecule has 3 aromatic rings. The molecule has 9 heteroatoms. The second-order valence-electron chi connectivity index (χ2n) is 4.86. The molecular weight excluding hydrogens is 304 g/mol. The minimum absolute atomic E-state index is 0.115. The maximum atomic E-state index is 5.86. The first-order valence-electron chi connectivity index (χ1n) is 6.78. The molecule has 8 nitrogen and oxygen atoms in total. The molecule has 0 spiro atoms. The molecule has 3 heterocycles. The van der Waals surface area contributed by atoms with Gasteiger partial charge in [-0.25, -0.2) is 19.6 Å². The fraction of sp³-hybridized carbons (Fsp3) is 0.308. The molecule has 0 saturated heterocycles. The summed E-state index contributed by atoms with van der Waals surface area (Å²) in [4.78, 5) is 12.2. The van der Waals surface area contributed by atoms with Gasteiger partial charge in [0.15, 0.2) is 0 Å². The van der Waals surface area contributed by atoms with Crippen LogP contribution in [-0.4, -0.2) is 34.5 Å². The average Bonchev–Trinajstić information content (AvgIpc) is 3.22. The van der Waals surface area contributed by atoms with Gasteiger partial charge in [0.05, 0.1) is 11.1 Å². The van der Waals surface area contributed by atoms with Crippen molar-refractivity contribution >= 4 is 17.4 Å². The smallest absolute Gasteiger partial charge is 0.137 e. The third kappa shape index (κ3) is 3.40. The van der Waals surface area contributed by atoms with Crippen LogP contribution in [0, 0.1) is 0 Å². The fourth-order valence-corrected chi connectivity index (χ4v) is 2.23. The van der Waals surface area contributed by atoms with Crippen LogP contribution in [0.3, 0.4) is 0 Å². The number of hydrogen-bond donors (Lipinski definition) is 1. The van der Waals surface area contributed by atoms with E-state index in [1.165, 1.54) is 12.7 Å². The van der Waals surface area contributed by atoms with Crippen molar-refractivity contribution in [3.05, 3.63) is 48.7 Å². The molecule has 3 rings (SSSR count). The van der Waals surface area contributed by atoms with E-state index in [9.17, 15) is 0 Å². The normalized spacial score (nSPS) is 13.7. The molecule has 114 valence electrons. The molecule has 2 atom stereocenters. The first-order chi connectivity index (χ1) is 10.7. The second-order valence-corrected chi connectivity index (χ2v) is 5.29. The van der Waals surface area contributed by atoms with E-state index in [0.29, 0.717) is 5.02 Å². The minimum atomic E-state index is -0.115. The van der Waals surface area contributed by atoms with E-state index in [1.54, 1.807) is 34.3 Å². The SMILES string of the molecule is C[C@H](C[C@H](Nc1ccc(Cl)cn1)n1cncn1)n1cncn1. The Bertz CT molecular complexity index is 679. The van der Waals surface area contributed by atoms with Gasteiger partial charge in [-0.3, -0.25) is 4.68 Å². The topological polar surface area (TPSA) is 86.3 Å². The average molecular weight is 319 g/mol. The van der Waals surface area contributed by atoms with Crippen LogP contribution in [0.1, 0.15) is 25.6 Å². The Morgan fingerprint density at radius 2 is 1.86 bits per heavy atom. The summed E-state index contributed by atoms with van der Waals surface area (Å²) in [6.45, 7) is 2.07. The van der Waals surface area contributed by atoms with Crippen molar-refractivity contribution in [2.24, 2.45) is 0 Å². The van der Waals surface area contributed by atoms with Gasteiger partial charge < -0.3 is 5.32 Å². The summed E-state index contributed by atoms with van der Waals surface area (Å²) in [6.07, 6.45) is 8.61. The lowest BCUT2D eigenvalue weighted by Gasteiger charge is -2.22. The van der Waals surface area contributed by atoms with E-state index in [4.69, 9.17) is 11.6 Å². The summed E-state index contributed by atoms with van der Waals surface area (Å²) in [5, 5.41) is 12.3. The number of aromatic nitrogens is 7. The van der Waals surface area contributed by atoms with Gasteiger partial charge >= 0.3 is 0 Å². The summed E-state index contributed by atoms with van der Waals surface area (Å²) in [6, 6.07) is 3.75. The van der Waals surface area contributed by atoms with E-state index in [1.807, 2.05) is 6.07 Å². The summed E-state index contributed by atoms with van der Waals surface area (Å²) in [5.41, 5.74) is 0. The zero-order valence-corrected chi connectivity index (χ0v) is 12.7. The predicted octanol–water partition coefficient (Wildman–Crippen LogP) is 2.18. The molecule has 0 aliphatic heterocycles. The molecule has 0 aromatic carbocycles. The van der Waals surface area contributed by atoms with Crippen molar-refractivity contribution in [1.82, 2.24) is 34.5 Å². The number of pyridine rings is 1. The highest BCUT2D eigenvalue weighted by Crippen LogP contribution is 2.22. The minimum Gasteiger partial charge on any atom is -0.348 e. The Kier molecular flexibility index (Phi) is 4.29. The van der Waals surface area contributed by atoms with Crippen molar-refractivity contribution in [2.75, 3.05) is 5.32 Å². The number of nitrogens with zero attached hydrogens (tertiary/aromatic N) is 7. The molecule has 1 N–H and O–H groups in total. The zero-order chi connectivity index (χ0) is 15.4. The Balaban J connectivity index is 1.77. The predicted molar refractivity (Wildman–Crippen MR) is 81.3 cm³/mol. The van der Waals surface area contributed by atoms with E-state index in [0.717, 1.165) is 12.2 Å². The van der Waals surface area contributed by atoms with E-state index in [2.05, 4.69) is 37.4 Å². The van der Waals surface area contributed by atoms with Gasteiger partial charge in [-0.15, -0.1) is 0 Å². The molecule has 0 unspecified atom stereocenters. The Hall–Kier alpha value is -2.48. The summed E-state index contributed by atoms with van der Waals surface area (Å²) in [5.74, 6) is 0.718. The van der Waals surface area contributed by atoms with Crippen LogP contribution in [0.5, 0.6) is 0 Å². The van der Waals surface area contributed by atoms with Crippen molar-refractivity contribution < 1.29 is 0 Å². The van der Waals surface area contributed by atoms with Crippen LogP contribution < -0.4 is 5.32 Å². The standard InChI is InChI=1S/C13H15ClN8/c1-10(21-8-15-6-18-21)4-13(22-9-16-7-19-22)20-12-3-2-11(14)5-17-12/h2-3,5-10,13H,4H2,1H3,(H,17,20)/t10-,13-/m1/s1. The maximum absolute atomic E-state index is 5.86. The lowest BCUT2D eigenvalue weighted by atomic mass is 10.2. The molecule has 0 bridgehead atoms. The van der Waals surface area contributed by atoms with Gasteiger partial charge in [0.1, 0.15) is 37.3 Å². The van der Waals surface area contributed by atoms with Crippen LogP contribution in [0.2, 0.25) is 5.02 Å². The Morgan fingerprint density at radius 3 is 2.45 bits per heavy atom. The van der Waals surface area contributed by atoms with Crippen molar-refractivity contribution in [3.63, 3.8) is 0 Å². The third-order valence-corrected chi connectivity index (χ3v) is 3.47. The summed E-state index contributed by atoms with van der Waals surface area (Å²) in [7, 11) is 0. The van der Waals surface area contributed by atoms with Crippen LogP contribution in [-0.2, 0) is 0 Å². The molecule has 3 aromatic heterocycles. The van der Waals surface area contributed by atoms with Crippen LogP contribution in [0.15, 0.2) is 43.6 Å². The lowest BCUT2D eigenvalue weighted by Crippen LogP contribution is -2.23. The molecular formula is C13H15ClN8. The van der Waals surface area contributed by atoms with Crippen molar-refractivity contribution in [3.8, 4) is 0 Å². The quantitative estimate of drug-likeness (QED) is 0.749. The Labute approximate surface area is 132 Å². The summed E-state index contributed by atoms with van der Waals surface area (Å²) >= 11 is 5.86. The largest absolute Gasteiger partial charge is 0.348 e. The maximum Gasteiger partial charge on any atom is 0.137 e. The van der Waals surface area contributed by atoms with Crippen molar-refractivity contribution in [2.45, 2.75) is 25.6 Å². The third-order valence-electron chi connectivity index (χ3n) is 3.25. The zero-order valence-electron chi connectivity index (χ0n) is 11.9. The van der Waals surface area contributed by atoms with E-state index >= 15 is 0 Å². The highest BCUT2D eigenvalue weighted by molar-refractivity contribution is 6.30. The van der Waals surface area contributed by atoms with Gasteiger partial charge in [0, 0.05) is 12.6 Å². The number of anilines is 1. The van der Waals surface area contributed by atoms with E-state index < -0.39 is 0 Å². The molecule has 0 amide bonds. The van der Waals surface area contributed by atoms with Crippen LogP contribution in [0.25, 0.3) is 0 Å². The van der Waals surface area contributed by atoms with Crippen LogP contribution in [0.4, 0.5) is 5.82 Å². The molecule has 0 fully saturated rings. The van der Waals surface area contributed by atoms with Gasteiger partial charge in [-0.2, -0.15) is 10.2 Å². The number of nitrogens with one attached hydrogen (secondary N) is 1. The lowest BCUT2D eigenvalue weighted by molar-refractivity contribution is 0.363. The molecule has 22 heavy (non-hydrogen) atoms. The molecule has 0 saturated carbocycles. The summed E-state index contributed by atoms with van der Waals surface area (Å²) < 4.78 is 3.56. The molecule has 0 aliphatic rings. The highest BCUT2D eigenvalue weighted by atomic mass is 35.5. The van der Waals surface area contributed by atoms with Gasteiger partial charge in [-0.1, -0.05) is 11.6 Å². The molecule has 0 radical (unpaired) electrons. The molecule has 0 aliphatic carbocycles. The first-order valence-corrected chi connectivity index (χ1v) is 7.16. The Morgan fingerprint density at radius 1 is 1.14 bits per heavy atom. The van der Waals surface area contributed by atoms with Crippen molar-refractivity contribution in [1.29, 1.82) is 0 Å². The first kappa shape index (κ1) is 14.5. The monoisotopic (exact) mass is 318 g/mol. The van der Waals surface area contributed by atoms with Gasteiger partial charge in [0.2, 0.25) is 0 Å². The second kappa shape index (κ2) is 6.52. The highest BCUT2D eigenvalue weighted by Gasteiger charge is 2.17. The number of halogens is 1.